The van der Waals surface area contributed by atoms with Crippen molar-refractivity contribution in [3.63, 3.8) is 0 Å². The average Bonchev–Trinajstić information content (AvgIpc) is 3.44. The Morgan fingerprint density at radius 2 is 2.10 bits per heavy atom. The molecule has 0 amide bonds. The van der Waals surface area contributed by atoms with Crippen LogP contribution in [0.5, 0.6) is 0 Å². The third-order valence-corrected chi connectivity index (χ3v) is 6.58. The van der Waals surface area contributed by atoms with Crippen molar-refractivity contribution in [2.75, 3.05) is 18.5 Å². The van der Waals surface area contributed by atoms with Crippen LogP contribution in [0.25, 0.3) is 21.4 Å². The van der Waals surface area contributed by atoms with Crippen molar-refractivity contribution in [1.82, 2.24) is 24.5 Å². The molecule has 12 heteroatoms. The van der Waals surface area contributed by atoms with Gasteiger partial charge < -0.3 is 30.4 Å². The number of rotatable bonds is 6. The predicted molar refractivity (Wildman–Crippen MR) is 118 cm³/mol. The number of nitrogens with zero attached hydrogens (tertiary/aromatic N) is 4. The highest BCUT2D eigenvalue weighted by Crippen LogP contribution is 2.32. The van der Waals surface area contributed by atoms with Gasteiger partial charge in [0.05, 0.1) is 23.2 Å². The molecular weight excluding hydrogens is 440 g/mol. The monoisotopic (exact) mass is 460 g/mol. The zero-order chi connectivity index (χ0) is 21.5. The van der Waals surface area contributed by atoms with Gasteiger partial charge in [0.1, 0.15) is 24.6 Å². The summed E-state index contributed by atoms with van der Waals surface area (Å²) >= 11 is 6.81. The summed E-state index contributed by atoms with van der Waals surface area (Å²) in [6, 6.07) is 6.12. The molecule has 0 aliphatic carbocycles. The number of aromatic amines is 1. The molecule has 31 heavy (non-hydrogen) atoms. The molecule has 162 valence electrons. The molecule has 1 fully saturated rings. The molecule has 4 aromatic rings. The van der Waals surface area contributed by atoms with Crippen molar-refractivity contribution in [3.8, 4) is 0 Å². The second-order valence-corrected chi connectivity index (χ2v) is 8.98. The number of aliphatic hydroxyl groups excluding tert-OH is 3. The summed E-state index contributed by atoms with van der Waals surface area (Å²) in [5, 5.41) is 33.0. The predicted octanol–water partition coefficient (Wildman–Crippen LogP) is 1.36. The van der Waals surface area contributed by atoms with Crippen LogP contribution in [0.2, 0.25) is 0 Å². The molecule has 5 rings (SSSR count). The summed E-state index contributed by atoms with van der Waals surface area (Å²) < 4.78 is 9.01. The molecule has 3 aromatic heterocycles. The summed E-state index contributed by atoms with van der Waals surface area (Å²) in [7, 11) is 0. The van der Waals surface area contributed by atoms with Gasteiger partial charge in [0.15, 0.2) is 27.2 Å². The number of imidazole rings is 1. The Morgan fingerprint density at radius 3 is 2.90 bits per heavy atom. The fourth-order valence-corrected chi connectivity index (χ4v) is 4.99. The molecule has 0 unspecified atom stereocenters. The van der Waals surface area contributed by atoms with Crippen LogP contribution < -0.4 is 5.32 Å². The number of hydrogen-bond donors (Lipinski definition) is 5. The van der Waals surface area contributed by atoms with Crippen molar-refractivity contribution in [1.29, 1.82) is 0 Å². The molecule has 4 heterocycles. The largest absolute Gasteiger partial charge is 0.394 e. The molecule has 5 N–H and O–H groups in total. The fraction of sp³-hybridized carbons (Fsp3) is 0.368. The van der Waals surface area contributed by atoms with Crippen molar-refractivity contribution in [2.24, 2.45) is 0 Å². The number of aliphatic hydroxyl groups is 3. The van der Waals surface area contributed by atoms with Gasteiger partial charge in [0.2, 0.25) is 0 Å². The Balaban J connectivity index is 1.36. The average molecular weight is 461 g/mol. The SMILES string of the molecule is OC[C@H]1O[C@@H](n2cnc3c(NCCc4cccc5sc(=S)[nH]c45)ncnc32)[C@H](O)[C@@H]1O. The van der Waals surface area contributed by atoms with E-state index < -0.39 is 31.1 Å². The second-order valence-electron chi connectivity index (χ2n) is 7.26. The molecule has 1 aromatic carbocycles. The molecule has 0 radical (unpaired) electrons. The highest BCUT2D eigenvalue weighted by Gasteiger charge is 2.44. The molecule has 1 saturated heterocycles. The summed E-state index contributed by atoms with van der Waals surface area (Å²) in [5.74, 6) is 0.556. The normalized spacial score (nSPS) is 23.7. The van der Waals surface area contributed by atoms with Crippen molar-refractivity contribution < 1.29 is 20.1 Å². The molecule has 0 bridgehead atoms. The smallest absolute Gasteiger partial charge is 0.167 e. The van der Waals surface area contributed by atoms with Crippen LogP contribution in [0.1, 0.15) is 11.8 Å². The molecule has 4 atom stereocenters. The van der Waals surface area contributed by atoms with E-state index in [0.717, 1.165) is 26.2 Å². The maximum absolute atomic E-state index is 10.3. The van der Waals surface area contributed by atoms with E-state index in [0.29, 0.717) is 23.5 Å². The van der Waals surface area contributed by atoms with E-state index in [2.05, 4.69) is 31.3 Å². The Morgan fingerprint density at radius 1 is 1.23 bits per heavy atom. The number of anilines is 1. The first-order chi connectivity index (χ1) is 15.1. The lowest BCUT2D eigenvalue weighted by Gasteiger charge is -2.16. The highest BCUT2D eigenvalue weighted by molar-refractivity contribution is 7.73. The lowest BCUT2D eigenvalue weighted by atomic mass is 10.1. The summed E-state index contributed by atoms with van der Waals surface area (Å²) in [4.78, 5) is 16.2. The molecule has 1 aliphatic rings. The van der Waals surface area contributed by atoms with Gasteiger partial charge >= 0.3 is 0 Å². The van der Waals surface area contributed by atoms with Crippen molar-refractivity contribution >= 4 is 50.8 Å². The standard InChI is InChI=1S/C19H20N6O4S2/c26-6-10-14(27)15(28)18(29-10)25-8-23-13-16(21-7-22-17(13)25)20-5-4-9-2-1-3-11-12(9)24-19(30)31-11/h1-3,7-8,10,14-15,18,26-28H,4-6H2,(H,24,30)(H,20,21,22)/t10-,14-,15-,18-/m1/s1. The Bertz CT molecular complexity index is 1290. The van der Waals surface area contributed by atoms with E-state index in [1.165, 1.54) is 17.2 Å². The summed E-state index contributed by atoms with van der Waals surface area (Å²) in [6.45, 7) is 0.215. The quantitative estimate of drug-likeness (QED) is 0.270. The lowest BCUT2D eigenvalue weighted by Crippen LogP contribution is -2.33. The van der Waals surface area contributed by atoms with Gasteiger partial charge in [-0.05, 0) is 30.3 Å². The van der Waals surface area contributed by atoms with E-state index in [-0.39, 0.29) is 0 Å². The fourth-order valence-electron chi connectivity index (χ4n) is 3.83. The minimum atomic E-state index is -1.21. The van der Waals surface area contributed by atoms with Crippen LogP contribution in [-0.2, 0) is 11.2 Å². The number of fused-ring (bicyclic) bond motifs is 2. The first-order valence-corrected chi connectivity index (χ1v) is 10.9. The van der Waals surface area contributed by atoms with E-state index >= 15 is 0 Å². The van der Waals surface area contributed by atoms with Gasteiger partial charge in [0.25, 0.3) is 0 Å². The van der Waals surface area contributed by atoms with Gasteiger partial charge in [-0.2, -0.15) is 0 Å². The first-order valence-electron chi connectivity index (χ1n) is 9.71. The Hall–Kier alpha value is -2.48. The molecular formula is C19H20N6O4S2. The van der Waals surface area contributed by atoms with Gasteiger partial charge in [-0.25, -0.2) is 15.0 Å². The van der Waals surface area contributed by atoms with Crippen molar-refractivity contribution in [2.45, 2.75) is 31.0 Å². The maximum Gasteiger partial charge on any atom is 0.167 e. The molecule has 10 nitrogen and oxygen atoms in total. The molecule has 1 aliphatic heterocycles. The number of aromatic nitrogens is 5. The van der Waals surface area contributed by atoms with Crippen LogP contribution in [0.15, 0.2) is 30.9 Å². The summed E-state index contributed by atoms with van der Waals surface area (Å²) in [6.07, 6.45) is -0.543. The molecule has 0 spiro atoms. The van der Waals surface area contributed by atoms with Gasteiger partial charge in [0, 0.05) is 6.54 Å². The van der Waals surface area contributed by atoms with Crippen LogP contribution in [-0.4, -0.2) is 71.3 Å². The zero-order valence-electron chi connectivity index (χ0n) is 16.2. The van der Waals surface area contributed by atoms with E-state index in [1.54, 1.807) is 11.3 Å². The van der Waals surface area contributed by atoms with Gasteiger partial charge in [-0.15, -0.1) is 11.3 Å². The second kappa shape index (κ2) is 8.22. The number of ether oxygens (including phenoxy) is 1. The third kappa shape index (κ3) is 3.60. The summed E-state index contributed by atoms with van der Waals surface area (Å²) in [5.41, 5.74) is 3.19. The van der Waals surface area contributed by atoms with Crippen LogP contribution in [0, 0.1) is 3.95 Å². The Labute approximate surface area is 185 Å². The first kappa shape index (κ1) is 20.4. The Kier molecular flexibility index (Phi) is 5.42. The molecule has 0 saturated carbocycles. The zero-order valence-corrected chi connectivity index (χ0v) is 17.8. The number of hydrogen-bond acceptors (Lipinski definition) is 10. The number of nitrogens with one attached hydrogen (secondary N) is 2. The number of benzene rings is 1. The third-order valence-electron chi connectivity index (χ3n) is 5.38. The van der Waals surface area contributed by atoms with E-state index in [1.807, 2.05) is 12.1 Å². The van der Waals surface area contributed by atoms with E-state index in [9.17, 15) is 15.3 Å². The van der Waals surface area contributed by atoms with Crippen molar-refractivity contribution in [3.05, 3.63) is 40.4 Å². The number of H-pyrrole nitrogens is 1. The van der Waals surface area contributed by atoms with Crippen LogP contribution in [0.3, 0.4) is 0 Å². The number of para-hydroxylation sites is 1. The minimum absolute atomic E-state index is 0.398. The van der Waals surface area contributed by atoms with Crippen LogP contribution in [0.4, 0.5) is 5.82 Å². The minimum Gasteiger partial charge on any atom is -0.394 e. The van der Waals surface area contributed by atoms with Gasteiger partial charge in [-0.3, -0.25) is 4.57 Å². The highest BCUT2D eigenvalue weighted by atomic mass is 32.1. The van der Waals surface area contributed by atoms with Gasteiger partial charge in [-0.1, -0.05) is 12.1 Å². The topological polar surface area (TPSA) is 141 Å². The van der Waals surface area contributed by atoms with Crippen LogP contribution >= 0.6 is 23.6 Å². The lowest BCUT2D eigenvalue weighted by molar-refractivity contribution is -0.0511. The maximum atomic E-state index is 10.3. The van der Waals surface area contributed by atoms with E-state index in [4.69, 9.17) is 17.0 Å². The number of thiazole rings is 1.